The minimum Gasteiger partial charge on any atom is -0.359 e. The van der Waals surface area contributed by atoms with Gasteiger partial charge in [0.25, 0.3) is 0 Å². The third kappa shape index (κ3) is 4.51. The quantitative estimate of drug-likeness (QED) is 0.892. The third-order valence-corrected chi connectivity index (χ3v) is 3.54. The lowest BCUT2D eigenvalue weighted by Gasteiger charge is -2.22. The van der Waals surface area contributed by atoms with Crippen LogP contribution in [0.2, 0.25) is 0 Å². The van der Waals surface area contributed by atoms with E-state index in [4.69, 9.17) is 4.52 Å². The number of piperidine rings is 1. The van der Waals surface area contributed by atoms with Crippen molar-refractivity contribution in [2.24, 2.45) is 5.92 Å². The number of carbonyl (C=O) groups is 1. The van der Waals surface area contributed by atoms with Crippen LogP contribution < -0.4 is 10.6 Å². The van der Waals surface area contributed by atoms with E-state index in [0.29, 0.717) is 18.1 Å². The van der Waals surface area contributed by atoms with Gasteiger partial charge in [-0.05, 0) is 52.1 Å². The molecule has 2 rings (SSSR count). The molecule has 6 heteroatoms. The molecule has 1 fully saturated rings. The predicted molar refractivity (Wildman–Crippen MR) is 76.7 cm³/mol. The van der Waals surface area contributed by atoms with E-state index >= 15 is 0 Å². The number of carbonyl (C=O) groups excluding carboxylic acids is 1. The van der Waals surface area contributed by atoms with Gasteiger partial charge in [-0.15, -0.1) is 12.4 Å². The second-order valence-corrected chi connectivity index (χ2v) is 4.98. The van der Waals surface area contributed by atoms with Crippen molar-refractivity contribution in [3.8, 4) is 0 Å². The van der Waals surface area contributed by atoms with Gasteiger partial charge in [0.2, 0.25) is 5.91 Å². The maximum absolute atomic E-state index is 11.9. The number of hydrogen-bond acceptors (Lipinski definition) is 4. The van der Waals surface area contributed by atoms with E-state index in [2.05, 4.69) is 15.8 Å². The van der Waals surface area contributed by atoms with E-state index in [0.717, 1.165) is 30.9 Å². The molecule has 1 aromatic heterocycles. The molecule has 0 radical (unpaired) electrons. The Morgan fingerprint density at radius 3 is 2.68 bits per heavy atom. The first-order valence-corrected chi connectivity index (χ1v) is 6.60. The molecule has 0 saturated carbocycles. The van der Waals surface area contributed by atoms with Crippen LogP contribution in [-0.4, -0.2) is 24.2 Å². The average molecular weight is 288 g/mol. The normalized spacial score (nSPS) is 15.9. The highest BCUT2D eigenvalue weighted by Gasteiger charge is 2.16. The minimum absolute atomic E-state index is 0. The second-order valence-electron chi connectivity index (χ2n) is 4.98. The Balaban J connectivity index is 0.00000180. The number of anilines is 1. The number of nitrogens with one attached hydrogen (secondary N) is 2. The molecular weight excluding hydrogens is 266 g/mol. The summed E-state index contributed by atoms with van der Waals surface area (Å²) < 4.78 is 5.02. The molecule has 0 aliphatic carbocycles. The Morgan fingerprint density at radius 1 is 1.42 bits per heavy atom. The van der Waals surface area contributed by atoms with E-state index in [9.17, 15) is 4.79 Å². The smallest absolute Gasteiger partial charge is 0.224 e. The molecule has 1 aromatic rings. The van der Waals surface area contributed by atoms with Crippen LogP contribution in [0.15, 0.2) is 4.52 Å². The van der Waals surface area contributed by atoms with Gasteiger partial charge in [-0.3, -0.25) is 4.79 Å². The highest BCUT2D eigenvalue weighted by molar-refractivity contribution is 5.91. The van der Waals surface area contributed by atoms with E-state index in [1.165, 1.54) is 12.8 Å². The van der Waals surface area contributed by atoms with Gasteiger partial charge in [-0.1, -0.05) is 5.16 Å². The van der Waals surface area contributed by atoms with E-state index < -0.39 is 0 Å². The monoisotopic (exact) mass is 287 g/mol. The zero-order chi connectivity index (χ0) is 13.0. The Bertz CT molecular complexity index is 395. The molecule has 1 aliphatic heterocycles. The Kier molecular flexibility index (Phi) is 6.31. The zero-order valence-corrected chi connectivity index (χ0v) is 12.3. The summed E-state index contributed by atoms with van der Waals surface area (Å²) in [6.07, 6.45) is 3.91. The van der Waals surface area contributed by atoms with Crippen molar-refractivity contribution >= 4 is 24.0 Å². The van der Waals surface area contributed by atoms with Gasteiger partial charge >= 0.3 is 0 Å². The largest absolute Gasteiger partial charge is 0.359 e. The van der Waals surface area contributed by atoms with Gasteiger partial charge in [0.1, 0.15) is 11.4 Å². The molecular formula is C13H22ClN3O2. The predicted octanol–water partition coefficient (Wildman–Crippen LogP) is 2.43. The topological polar surface area (TPSA) is 67.2 Å². The van der Waals surface area contributed by atoms with Crippen LogP contribution in [0, 0.1) is 19.8 Å². The van der Waals surface area contributed by atoms with Gasteiger partial charge in [-0.25, -0.2) is 0 Å². The van der Waals surface area contributed by atoms with Crippen molar-refractivity contribution in [2.75, 3.05) is 18.4 Å². The van der Waals surface area contributed by atoms with Crippen LogP contribution in [0.1, 0.15) is 37.1 Å². The van der Waals surface area contributed by atoms with Gasteiger partial charge in [0, 0.05) is 6.42 Å². The molecule has 0 unspecified atom stereocenters. The fourth-order valence-electron chi connectivity index (χ4n) is 2.37. The summed E-state index contributed by atoms with van der Waals surface area (Å²) in [5.41, 5.74) is 1.47. The van der Waals surface area contributed by atoms with Crippen molar-refractivity contribution < 1.29 is 9.32 Å². The van der Waals surface area contributed by atoms with Crippen LogP contribution in [0.3, 0.4) is 0 Å². The van der Waals surface area contributed by atoms with Gasteiger partial charge < -0.3 is 15.2 Å². The van der Waals surface area contributed by atoms with Crippen LogP contribution in [0.4, 0.5) is 5.69 Å². The summed E-state index contributed by atoms with van der Waals surface area (Å²) in [6.45, 7) is 5.80. The fraction of sp³-hybridized carbons (Fsp3) is 0.692. The maximum Gasteiger partial charge on any atom is 0.224 e. The molecule has 1 amide bonds. The summed E-state index contributed by atoms with van der Waals surface area (Å²) in [7, 11) is 0. The number of amides is 1. The molecule has 1 saturated heterocycles. The maximum atomic E-state index is 11.9. The molecule has 1 aliphatic rings. The first kappa shape index (κ1) is 16.0. The lowest BCUT2D eigenvalue weighted by molar-refractivity contribution is -0.116. The molecule has 0 atom stereocenters. The summed E-state index contributed by atoms with van der Waals surface area (Å²) in [4.78, 5) is 11.9. The number of nitrogens with zero attached hydrogens (tertiary/aromatic N) is 1. The summed E-state index contributed by atoms with van der Waals surface area (Å²) >= 11 is 0. The van der Waals surface area contributed by atoms with Gasteiger partial charge in [0.05, 0.1) is 0 Å². The Hall–Kier alpha value is -1.07. The molecule has 5 nitrogen and oxygen atoms in total. The first-order valence-electron chi connectivity index (χ1n) is 6.60. The van der Waals surface area contributed by atoms with Crippen molar-refractivity contribution in [3.05, 3.63) is 11.5 Å². The number of rotatable bonds is 4. The average Bonchev–Trinajstić information content (AvgIpc) is 2.69. The number of aromatic nitrogens is 1. The lowest BCUT2D eigenvalue weighted by Crippen LogP contribution is -2.28. The standard InChI is InChI=1S/C13H21N3O2.ClH/c1-9-13(10(2)18-16-9)15-12(17)4-3-11-5-7-14-8-6-11;/h11,14H,3-8H2,1-2H3,(H,15,17);1H. The first-order chi connectivity index (χ1) is 8.66. The summed E-state index contributed by atoms with van der Waals surface area (Å²) in [6, 6.07) is 0. The fourth-order valence-corrected chi connectivity index (χ4v) is 2.37. The number of aryl methyl sites for hydroxylation is 2. The SMILES string of the molecule is Cc1noc(C)c1NC(=O)CCC1CCNCC1.Cl. The van der Waals surface area contributed by atoms with E-state index in [-0.39, 0.29) is 18.3 Å². The van der Waals surface area contributed by atoms with Crippen LogP contribution in [-0.2, 0) is 4.79 Å². The Morgan fingerprint density at radius 2 is 2.11 bits per heavy atom. The van der Waals surface area contributed by atoms with E-state index in [1.54, 1.807) is 0 Å². The van der Waals surface area contributed by atoms with Crippen LogP contribution >= 0.6 is 12.4 Å². The van der Waals surface area contributed by atoms with Gasteiger partial charge in [-0.2, -0.15) is 0 Å². The lowest BCUT2D eigenvalue weighted by atomic mass is 9.93. The van der Waals surface area contributed by atoms with Crippen LogP contribution in [0.5, 0.6) is 0 Å². The molecule has 2 N–H and O–H groups in total. The highest BCUT2D eigenvalue weighted by Crippen LogP contribution is 2.21. The molecule has 0 aromatic carbocycles. The molecule has 2 heterocycles. The molecule has 108 valence electrons. The molecule has 0 spiro atoms. The van der Waals surface area contributed by atoms with Crippen molar-refractivity contribution in [3.63, 3.8) is 0 Å². The van der Waals surface area contributed by atoms with Crippen LogP contribution in [0.25, 0.3) is 0 Å². The van der Waals surface area contributed by atoms with Crippen molar-refractivity contribution in [1.82, 2.24) is 10.5 Å². The van der Waals surface area contributed by atoms with Crippen molar-refractivity contribution in [1.29, 1.82) is 0 Å². The molecule has 19 heavy (non-hydrogen) atoms. The van der Waals surface area contributed by atoms with E-state index in [1.807, 2.05) is 13.8 Å². The second kappa shape index (κ2) is 7.50. The summed E-state index contributed by atoms with van der Waals surface area (Å²) in [5, 5.41) is 10.0. The number of halogens is 1. The Labute approximate surface area is 119 Å². The minimum atomic E-state index is 0. The zero-order valence-electron chi connectivity index (χ0n) is 11.5. The number of hydrogen-bond donors (Lipinski definition) is 2. The highest BCUT2D eigenvalue weighted by atomic mass is 35.5. The summed E-state index contributed by atoms with van der Waals surface area (Å²) in [5.74, 6) is 1.41. The third-order valence-electron chi connectivity index (χ3n) is 3.54. The molecule has 0 bridgehead atoms. The van der Waals surface area contributed by atoms with Crippen molar-refractivity contribution in [2.45, 2.75) is 39.5 Å². The van der Waals surface area contributed by atoms with Gasteiger partial charge in [0.15, 0.2) is 5.76 Å².